The number of hydrogen-bond donors (Lipinski definition) is 0. The minimum atomic E-state index is 0.0160. The molecule has 0 atom stereocenters. The van der Waals surface area contributed by atoms with E-state index in [4.69, 9.17) is 16.3 Å². The summed E-state index contributed by atoms with van der Waals surface area (Å²) in [4.78, 5) is 14.8. The van der Waals surface area contributed by atoms with E-state index in [9.17, 15) is 0 Å². The van der Waals surface area contributed by atoms with E-state index in [-0.39, 0.29) is 11.4 Å². The molecule has 6 heteroatoms. The lowest BCUT2D eigenvalue weighted by Crippen LogP contribution is -2.34. The molecule has 1 fully saturated rings. The van der Waals surface area contributed by atoms with Crippen molar-refractivity contribution in [1.82, 2.24) is 15.0 Å². The fraction of sp³-hybridized carbons (Fsp3) is 0.769. The SMILES string of the molecule is CC(C)Oc1nc(Cl)nc(N(CC2CC2)C(C)C)n1. The molecule has 0 N–H and O–H groups in total. The number of anilines is 1. The van der Waals surface area contributed by atoms with Crippen LogP contribution >= 0.6 is 11.6 Å². The highest BCUT2D eigenvalue weighted by atomic mass is 35.5. The first-order chi connectivity index (χ1) is 8.95. The summed E-state index contributed by atoms with van der Waals surface area (Å²) in [6.45, 7) is 9.09. The van der Waals surface area contributed by atoms with Gasteiger partial charge >= 0.3 is 6.01 Å². The van der Waals surface area contributed by atoms with Gasteiger partial charge < -0.3 is 9.64 Å². The molecule has 19 heavy (non-hydrogen) atoms. The Labute approximate surface area is 119 Å². The number of ether oxygens (including phenoxy) is 1. The highest BCUT2D eigenvalue weighted by Crippen LogP contribution is 2.31. The molecule has 5 nitrogen and oxygen atoms in total. The van der Waals surface area contributed by atoms with Crippen LogP contribution in [0, 0.1) is 5.92 Å². The summed E-state index contributed by atoms with van der Waals surface area (Å²) in [6.07, 6.45) is 2.59. The van der Waals surface area contributed by atoms with Crippen LogP contribution < -0.4 is 9.64 Å². The van der Waals surface area contributed by atoms with E-state index >= 15 is 0 Å². The van der Waals surface area contributed by atoms with Crippen LogP contribution in [0.25, 0.3) is 0 Å². The van der Waals surface area contributed by atoms with Gasteiger partial charge in [-0.25, -0.2) is 0 Å². The Balaban J connectivity index is 2.21. The number of aromatic nitrogens is 3. The number of rotatable bonds is 6. The fourth-order valence-corrected chi connectivity index (χ4v) is 1.96. The van der Waals surface area contributed by atoms with Crippen molar-refractivity contribution in [3.8, 4) is 6.01 Å². The van der Waals surface area contributed by atoms with Crippen LogP contribution in [0.15, 0.2) is 0 Å². The third-order valence-electron chi connectivity index (χ3n) is 2.95. The normalized spacial score (nSPS) is 15.1. The van der Waals surface area contributed by atoms with Crippen molar-refractivity contribution >= 4 is 17.5 Å². The molecule has 0 amide bonds. The van der Waals surface area contributed by atoms with E-state index in [1.165, 1.54) is 12.8 Å². The summed E-state index contributed by atoms with van der Waals surface area (Å²) in [6, 6.07) is 0.623. The van der Waals surface area contributed by atoms with Gasteiger partial charge in [0.25, 0.3) is 0 Å². The van der Waals surface area contributed by atoms with Gasteiger partial charge in [-0.2, -0.15) is 15.0 Å². The average molecular weight is 285 g/mol. The summed E-state index contributed by atoms with van der Waals surface area (Å²) < 4.78 is 5.51. The largest absolute Gasteiger partial charge is 0.461 e. The van der Waals surface area contributed by atoms with Crippen LogP contribution in [-0.4, -0.2) is 33.6 Å². The van der Waals surface area contributed by atoms with Crippen molar-refractivity contribution in [3.05, 3.63) is 5.28 Å². The first kappa shape index (κ1) is 14.3. The Kier molecular flexibility index (Phi) is 4.45. The smallest absolute Gasteiger partial charge is 0.322 e. The van der Waals surface area contributed by atoms with E-state index in [0.717, 1.165) is 12.5 Å². The van der Waals surface area contributed by atoms with Crippen LogP contribution in [0.3, 0.4) is 0 Å². The minimum Gasteiger partial charge on any atom is -0.461 e. The monoisotopic (exact) mass is 284 g/mol. The molecule has 2 rings (SSSR count). The van der Waals surface area contributed by atoms with E-state index in [1.807, 2.05) is 13.8 Å². The molecule has 1 saturated carbocycles. The molecule has 0 saturated heterocycles. The van der Waals surface area contributed by atoms with Gasteiger partial charge in [0.05, 0.1) is 6.10 Å². The highest BCUT2D eigenvalue weighted by molar-refractivity contribution is 6.28. The van der Waals surface area contributed by atoms with E-state index in [2.05, 4.69) is 33.7 Å². The summed E-state index contributed by atoms with van der Waals surface area (Å²) in [7, 11) is 0. The van der Waals surface area contributed by atoms with Crippen molar-refractivity contribution < 1.29 is 4.74 Å². The third-order valence-corrected chi connectivity index (χ3v) is 3.12. The van der Waals surface area contributed by atoms with E-state index in [1.54, 1.807) is 0 Å². The van der Waals surface area contributed by atoms with Crippen molar-refractivity contribution in [2.75, 3.05) is 11.4 Å². The second-order valence-electron chi connectivity index (χ2n) is 5.54. The lowest BCUT2D eigenvalue weighted by atomic mass is 10.3. The van der Waals surface area contributed by atoms with Gasteiger partial charge in [-0.1, -0.05) is 0 Å². The first-order valence-corrected chi connectivity index (χ1v) is 7.18. The summed E-state index contributed by atoms with van der Waals surface area (Å²) in [5, 5.41) is 0.182. The molecular weight excluding hydrogens is 264 g/mol. The topological polar surface area (TPSA) is 51.1 Å². The Morgan fingerprint density at radius 3 is 2.42 bits per heavy atom. The zero-order valence-electron chi connectivity index (χ0n) is 11.9. The van der Waals surface area contributed by atoms with Crippen LogP contribution in [-0.2, 0) is 0 Å². The Hall–Kier alpha value is -1.10. The number of hydrogen-bond acceptors (Lipinski definition) is 5. The maximum absolute atomic E-state index is 5.97. The van der Waals surface area contributed by atoms with E-state index < -0.39 is 0 Å². The number of halogens is 1. The van der Waals surface area contributed by atoms with Crippen LogP contribution in [0.1, 0.15) is 40.5 Å². The Morgan fingerprint density at radius 1 is 1.21 bits per heavy atom. The van der Waals surface area contributed by atoms with Gasteiger partial charge in [0.2, 0.25) is 11.2 Å². The van der Waals surface area contributed by atoms with Crippen LogP contribution in [0.5, 0.6) is 6.01 Å². The molecule has 106 valence electrons. The molecule has 0 aromatic carbocycles. The number of nitrogens with zero attached hydrogens (tertiary/aromatic N) is 4. The first-order valence-electron chi connectivity index (χ1n) is 6.80. The quantitative estimate of drug-likeness (QED) is 0.804. The zero-order valence-corrected chi connectivity index (χ0v) is 12.7. The van der Waals surface area contributed by atoms with Gasteiger partial charge in [-0.15, -0.1) is 0 Å². The minimum absolute atomic E-state index is 0.0160. The Bertz CT molecular complexity index is 435. The van der Waals surface area contributed by atoms with Crippen molar-refractivity contribution in [2.45, 2.75) is 52.7 Å². The van der Waals surface area contributed by atoms with Crippen LogP contribution in [0.4, 0.5) is 5.95 Å². The molecule has 0 radical (unpaired) electrons. The molecule has 1 aromatic heterocycles. The predicted molar refractivity (Wildman–Crippen MR) is 75.8 cm³/mol. The molecule has 0 bridgehead atoms. The maximum atomic E-state index is 5.97. The van der Waals surface area contributed by atoms with Gasteiger partial charge in [0.15, 0.2) is 0 Å². The molecular formula is C13H21ClN4O. The average Bonchev–Trinajstić information content (AvgIpc) is 3.07. The van der Waals surface area contributed by atoms with E-state index in [0.29, 0.717) is 18.0 Å². The standard InChI is InChI=1S/C13H21ClN4O/c1-8(2)18(7-10-5-6-10)12-15-11(14)16-13(17-12)19-9(3)4/h8-10H,5-7H2,1-4H3. The molecule has 1 aliphatic rings. The molecule has 1 aromatic rings. The molecule has 0 spiro atoms. The third kappa shape index (κ3) is 4.20. The molecule has 1 heterocycles. The molecule has 0 unspecified atom stereocenters. The second-order valence-corrected chi connectivity index (χ2v) is 5.88. The highest BCUT2D eigenvalue weighted by Gasteiger charge is 2.27. The molecule has 0 aliphatic heterocycles. The predicted octanol–water partition coefficient (Wildman–Crippen LogP) is 2.94. The summed E-state index contributed by atoms with van der Waals surface area (Å²) in [5.41, 5.74) is 0. The Morgan fingerprint density at radius 2 is 1.89 bits per heavy atom. The fourth-order valence-electron chi connectivity index (χ4n) is 1.82. The van der Waals surface area contributed by atoms with Gasteiger partial charge in [0.1, 0.15) is 0 Å². The summed E-state index contributed by atoms with van der Waals surface area (Å²) >= 11 is 5.97. The van der Waals surface area contributed by atoms with Crippen molar-refractivity contribution in [3.63, 3.8) is 0 Å². The van der Waals surface area contributed by atoms with Gasteiger partial charge in [-0.3, -0.25) is 0 Å². The zero-order chi connectivity index (χ0) is 14.0. The van der Waals surface area contributed by atoms with Crippen LogP contribution in [0.2, 0.25) is 5.28 Å². The van der Waals surface area contributed by atoms with Crippen molar-refractivity contribution in [2.24, 2.45) is 5.92 Å². The lowest BCUT2D eigenvalue weighted by Gasteiger charge is -2.26. The van der Waals surface area contributed by atoms with Gasteiger partial charge in [-0.05, 0) is 58.1 Å². The molecule has 1 aliphatic carbocycles. The summed E-state index contributed by atoms with van der Waals surface area (Å²) in [5.74, 6) is 1.37. The maximum Gasteiger partial charge on any atom is 0.322 e. The lowest BCUT2D eigenvalue weighted by molar-refractivity contribution is 0.221. The van der Waals surface area contributed by atoms with Gasteiger partial charge in [0, 0.05) is 12.6 Å². The van der Waals surface area contributed by atoms with Crippen molar-refractivity contribution in [1.29, 1.82) is 0 Å². The second kappa shape index (κ2) is 5.90.